The Balaban J connectivity index is 2.45. The Labute approximate surface area is 135 Å². The van der Waals surface area contributed by atoms with Gasteiger partial charge in [-0.3, -0.25) is 0 Å². The van der Waals surface area contributed by atoms with E-state index in [-0.39, 0.29) is 25.6 Å². The summed E-state index contributed by atoms with van der Waals surface area (Å²) < 4.78 is 24.9. The van der Waals surface area contributed by atoms with E-state index in [9.17, 15) is 13.2 Å². The van der Waals surface area contributed by atoms with Crippen LogP contribution in [0.4, 0.5) is 0 Å². The lowest BCUT2D eigenvalue weighted by Gasteiger charge is -2.08. The number of carbonyl (C=O) groups is 1. The largest absolute Gasteiger partial charge is 0.477 e. The summed E-state index contributed by atoms with van der Waals surface area (Å²) in [7, 11) is -3.76. The van der Waals surface area contributed by atoms with E-state index in [4.69, 9.17) is 28.3 Å². The van der Waals surface area contributed by atoms with Gasteiger partial charge in [0.25, 0.3) is 0 Å². The minimum atomic E-state index is -3.76. The van der Waals surface area contributed by atoms with Crippen LogP contribution in [0.5, 0.6) is 0 Å². The van der Waals surface area contributed by atoms with Gasteiger partial charge in [-0.15, -0.1) is 11.3 Å². The zero-order chi connectivity index (χ0) is 15.8. The van der Waals surface area contributed by atoms with Crippen LogP contribution in [0, 0.1) is 6.92 Å². The highest BCUT2D eigenvalue weighted by molar-refractivity contribution is 7.91. The van der Waals surface area contributed by atoms with Gasteiger partial charge in [0.2, 0.25) is 0 Å². The lowest BCUT2D eigenvalue weighted by atomic mass is 10.3. The molecule has 8 heteroatoms. The van der Waals surface area contributed by atoms with Gasteiger partial charge in [0, 0.05) is 4.88 Å². The van der Waals surface area contributed by atoms with Gasteiger partial charge in [-0.05, 0) is 30.7 Å². The number of carboxylic acid groups (broad SMARTS) is 1. The second-order valence-electron chi connectivity index (χ2n) is 4.31. The molecule has 0 unspecified atom stereocenters. The van der Waals surface area contributed by atoms with Crippen LogP contribution in [0.2, 0.25) is 10.0 Å². The number of carboxylic acids is 1. The Morgan fingerprint density at radius 2 is 1.86 bits per heavy atom. The van der Waals surface area contributed by atoms with Gasteiger partial charge < -0.3 is 5.11 Å². The molecule has 0 radical (unpaired) electrons. The van der Waals surface area contributed by atoms with Crippen LogP contribution in [0.25, 0.3) is 0 Å². The van der Waals surface area contributed by atoms with Crippen molar-refractivity contribution in [3.05, 3.63) is 49.6 Å². The third-order valence-corrected chi connectivity index (χ3v) is 6.49. The van der Waals surface area contributed by atoms with Gasteiger partial charge in [0.15, 0.2) is 9.84 Å². The van der Waals surface area contributed by atoms with Crippen LogP contribution in [0.15, 0.2) is 29.2 Å². The summed E-state index contributed by atoms with van der Waals surface area (Å²) in [6, 6.07) is 5.82. The van der Waals surface area contributed by atoms with Crippen molar-refractivity contribution in [2.24, 2.45) is 0 Å². The van der Waals surface area contributed by atoms with Crippen molar-refractivity contribution in [2.45, 2.75) is 17.6 Å². The summed E-state index contributed by atoms with van der Waals surface area (Å²) in [6.07, 6.45) is 0. The van der Waals surface area contributed by atoms with Crippen molar-refractivity contribution in [1.29, 1.82) is 0 Å². The van der Waals surface area contributed by atoms with Crippen LogP contribution >= 0.6 is 34.5 Å². The molecule has 0 aliphatic rings. The molecule has 112 valence electrons. The second kappa shape index (κ2) is 5.96. The molecule has 0 aliphatic heterocycles. The topological polar surface area (TPSA) is 71.4 Å². The zero-order valence-electron chi connectivity index (χ0n) is 10.8. The molecule has 0 saturated heterocycles. The Kier molecular flexibility index (Phi) is 4.63. The van der Waals surface area contributed by atoms with Gasteiger partial charge in [-0.2, -0.15) is 0 Å². The van der Waals surface area contributed by atoms with Gasteiger partial charge in [0.1, 0.15) is 9.77 Å². The van der Waals surface area contributed by atoms with Crippen molar-refractivity contribution in [1.82, 2.24) is 0 Å². The molecule has 1 heterocycles. The molecular weight excluding hydrogens is 355 g/mol. The minimum absolute atomic E-state index is 0.0499. The summed E-state index contributed by atoms with van der Waals surface area (Å²) in [5, 5.41) is 9.04. The smallest absolute Gasteiger partial charge is 0.345 e. The minimum Gasteiger partial charge on any atom is -0.477 e. The predicted molar refractivity (Wildman–Crippen MR) is 83.4 cm³/mol. The summed E-state index contributed by atoms with van der Waals surface area (Å²) in [6.45, 7) is 1.68. The van der Waals surface area contributed by atoms with Crippen LogP contribution in [0.3, 0.4) is 0 Å². The fourth-order valence-corrected chi connectivity index (χ4v) is 5.48. The van der Waals surface area contributed by atoms with E-state index in [1.807, 2.05) is 0 Å². The van der Waals surface area contributed by atoms with Crippen LogP contribution in [-0.4, -0.2) is 19.5 Å². The van der Waals surface area contributed by atoms with Crippen molar-refractivity contribution in [3.8, 4) is 0 Å². The standard InChI is InChI=1S/C13H10Cl2O4S2/c1-7-8(5-11(20-7)13(16)17)6-21(18,19)12-9(14)3-2-4-10(12)15/h2-5H,6H2,1H3,(H,16,17). The number of sulfone groups is 1. The molecule has 0 atom stereocenters. The lowest BCUT2D eigenvalue weighted by molar-refractivity contribution is 0.0702. The molecule has 1 aromatic carbocycles. The molecule has 0 saturated carbocycles. The molecule has 2 rings (SSSR count). The zero-order valence-corrected chi connectivity index (χ0v) is 13.9. The van der Waals surface area contributed by atoms with Crippen LogP contribution in [0.1, 0.15) is 20.1 Å². The number of hydrogen-bond acceptors (Lipinski definition) is 4. The number of hydrogen-bond donors (Lipinski definition) is 1. The fourth-order valence-electron chi connectivity index (χ4n) is 1.83. The van der Waals surface area contributed by atoms with Gasteiger partial charge >= 0.3 is 5.97 Å². The van der Waals surface area contributed by atoms with Crippen molar-refractivity contribution < 1.29 is 18.3 Å². The fraction of sp³-hybridized carbons (Fsp3) is 0.154. The summed E-state index contributed by atoms with van der Waals surface area (Å²) in [5.41, 5.74) is 0.438. The highest BCUT2D eigenvalue weighted by atomic mass is 35.5. The highest BCUT2D eigenvalue weighted by Crippen LogP contribution is 2.33. The maximum atomic E-state index is 12.5. The number of aromatic carboxylic acids is 1. The molecule has 21 heavy (non-hydrogen) atoms. The summed E-state index contributed by atoms with van der Waals surface area (Å²) in [5.74, 6) is -1.42. The first-order valence-corrected chi connectivity index (χ1v) is 8.94. The number of thiophene rings is 1. The summed E-state index contributed by atoms with van der Waals surface area (Å²) >= 11 is 12.9. The van der Waals surface area contributed by atoms with E-state index < -0.39 is 15.8 Å². The van der Waals surface area contributed by atoms with E-state index in [2.05, 4.69) is 0 Å². The Morgan fingerprint density at radius 1 is 1.29 bits per heavy atom. The molecule has 2 aromatic rings. The molecule has 1 N–H and O–H groups in total. The second-order valence-corrected chi connectivity index (χ2v) is 8.30. The molecule has 0 bridgehead atoms. The molecule has 0 spiro atoms. The average Bonchev–Trinajstić information content (AvgIpc) is 2.70. The van der Waals surface area contributed by atoms with E-state index in [0.717, 1.165) is 11.3 Å². The first-order valence-electron chi connectivity index (χ1n) is 5.71. The first kappa shape index (κ1) is 16.3. The average molecular weight is 365 g/mol. The normalized spacial score (nSPS) is 11.6. The molecule has 0 fully saturated rings. The quantitative estimate of drug-likeness (QED) is 0.888. The van der Waals surface area contributed by atoms with Crippen molar-refractivity contribution >= 4 is 50.3 Å². The predicted octanol–water partition coefficient (Wildman–Crippen LogP) is 4.04. The van der Waals surface area contributed by atoms with Gasteiger partial charge in [0.05, 0.1) is 15.8 Å². The van der Waals surface area contributed by atoms with Crippen molar-refractivity contribution in [3.63, 3.8) is 0 Å². The maximum absolute atomic E-state index is 12.5. The monoisotopic (exact) mass is 364 g/mol. The Morgan fingerprint density at radius 3 is 2.33 bits per heavy atom. The number of halogens is 2. The third-order valence-electron chi connectivity index (χ3n) is 2.81. The molecule has 1 aromatic heterocycles. The summed E-state index contributed by atoms with van der Waals surface area (Å²) in [4.78, 5) is 11.5. The number of aryl methyl sites for hydroxylation is 1. The first-order chi connectivity index (χ1) is 9.72. The van der Waals surface area contributed by atoms with E-state index in [1.165, 1.54) is 18.2 Å². The van der Waals surface area contributed by atoms with Crippen molar-refractivity contribution in [2.75, 3.05) is 0 Å². The number of rotatable bonds is 4. The molecular formula is C13H10Cl2O4S2. The van der Waals surface area contributed by atoms with E-state index >= 15 is 0 Å². The maximum Gasteiger partial charge on any atom is 0.345 e. The molecule has 0 aliphatic carbocycles. The Hall–Kier alpha value is -1.08. The van der Waals surface area contributed by atoms with Gasteiger partial charge in [-0.25, -0.2) is 13.2 Å². The third kappa shape index (κ3) is 3.40. The van der Waals surface area contributed by atoms with E-state index in [1.54, 1.807) is 13.0 Å². The lowest BCUT2D eigenvalue weighted by Crippen LogP contribution is -2.06. The van der Waals surface area contributed by atoms with E-state index in [0.29, 0.717) is 10.4 Å². The van der Waals surface area contributed by atoms with Gasteiger partial charge in [-0.1, -0.05) is 29.3 Å². The van der Waals surface area contributed by atoms with Crippen LogP contribution in [-0.2, 0) is 15.6 Å². The SMILES string of the molecule is Cc1sc(C(=O)O)cc1CS(=O)(=O)c1c(Cl)cccc1Cl. The van der Waals surface area contributed by atoms with Crippen LogP contribution < -0.4 is 0 Å². The molecule has 4 nitrogen and oxygen atoms in total. The number of benzene rings is 1. The Bertz CT molecular complexity index is 789. The molecule has 0 amide bonds. The highest BCUT2D eigenvalue weighted by Gasteiger charge is 2.24.